The van der Waals surface area contributed by atoms with Crippen molar-refractivity contribution in [3.63, 3.8) is 0 Å². The van der Waals surface area contributed by atoms with Gasteiger partial charge in [-0.3, -0.25) is 9.59 Å². The van der Waals surface area contributed by atoms with E-state index >= 15 is 0 Å². The number of anilines is 3. The molecule has 34 heavy (non-hydrogen) atoms. The molecule has 4 rings (SSSR count). The minimum Gasteiger partial charge on any atom is -0.380 e. The summed E-state index contributed by atoms with van der Waals surface area (Å²) in [5.74, 6) is 0.813. The monoisotopic (exact) mass is 457 g/mol. The standard InChI is InChI=1S/C27H31N5O2/c1-2-26(33)32-14-12-21(13-15-32)20-8-10-22(11-9-20)31-25-16-24(23(18-30-25)27(28)34)29-17-19-6-4-3-5-7-19/h3-11,16,18,21H,2,12-15,17H2,1H3,(H2,28,34)(H2,29,30,31). The second-order valence-corrected chi connectivity index (χ2v) is 8.57. The number of aromatic nitrogens is 1. The van der Waals surface area contributed by atoms with E-state index in [1.54, 1.807) is 6.07 Å². The van der Waals surface area contributed by atoms with Crippen molar-refractivity contribution in [2.24, 2.45) is 5.73 Å². The third-order valence-electron chi connectivity index (χ3n) is 6.30. The molecule has 7 heteroatoms. The predicted molar refractivity (Wildman–Crippen MR) is 135 cm³/mol. The van der Waals surface area contributed by atoms with E-state index in [1.807, 2.05) is 54.3 Å². The van der Waals surface area contributed by atoms with E-state index < -0.39 is 5.91 Å². The lowest BCUT2D eigenvalue weighted by atomic mass is 9.89. The van der Waals surface area contributed by atoms with Crippen LogP contribution in [-0.4, -0.2) is 34.8 Å². The van der Waals surface area contributed by atoms with Crippen LogP contribution in [0.1, 0.15) is 53.6 Å². The van der Waals surface area contributed by atoms with Crippen LogP contribution >= 0.6 is 0 Å². The first-order valence-corrected chi connectivity index (χ1v) is 11.8. The summed E-state index contributed by atoms with van der Waals surface area (Å²) in [6.07, 6.45) is 4.05. The Hall–Kier alpha value is -3.87. The maximum atomic E-state index is 11.9. The first-order chi connectivity index (χ1) is 16.5. The number of likely N-dealkylation sites (tertiary alicyclic amines) is 1. The molecule has 1 aromatic heterocycles. The highest BCUT2D eigenvalue weighted by molar-refractivity contribution is 5.98. The number of hydrogen-bond donors (Lipinski definition) is 3. The minimum absolute atomic E-state index is 0.241. The molecule has 1 fully saturated rings. The van der Waals surface area contributed by atoms with Gasteiger partial charge in [0.2, 0.25) is 5.91 Å². The van der Waals surface area contributed by atoms with Crippen molar-refractivity contribution in [3.8, 4) is 0 Å². The Bertz CT molecular complexity index is 1120. The largest absolute Gasteiger partial charge is 0.380 e. The van der Waals surface area contributed by atoms with E-state index in [-0.39, 0.29) is 5.91 Å². The molecule has 0 unspecified atom stereocenters. The van der Waals surface area contributed by atoms with Gasteiger partial charge in [-0.2, -0.15) is 0 Å². The summed E-state index contributed by atoms with van der Waals surface area (Å²) in [5.41, 5.74) is 9.84. The number of benzene rings is 2. The van der Waals surface area contributed by atoms with Gasteiger partial charge in [0, 0.05) is 44.0 Å². The average molecular weight is 458 g/mol. The van der Waals surface area contributed by atoms with Crippen molar-refractivity contribution >= 4 is 29.0 Å². The molecule has 4 N–H and O–H groups in total. The van der Waals surface area contributed by atoms with Crippen molar-refractivity contribution in [1.82, 2.24) is 9.88 Å². The fraction of sp³-hybridized carbons (Fsp3) is 0.296. The fourth-order valence-electron chi connectivity index (χ4n) is 4.33. The quantitative estimate of drug-likeness (QED) is 0.457. The number of nitrogens with one attached hydrogen (secondary N) is 2. The van der Waals surface area contributed by atoms with Gasteiger partial charge in [0.05, 0.1) is 11.3 Å². The third kappa shape index (κ3) is 5.73. The Morgan fingerprint density at radius 2 is 1.76 bits per heavy atom. The van der Waals surface area contributed by atoms with Gasteiger partial charge in [-0.1, -0.05) is 49.4 Å². The molecule has 0 bridgehead atoms. The van der Waals surface area contributed by atoms with E-state index in [1.165, 1.54) is 11.8 Å². The highest BCUT2D eigenvalue weighted by Gasteiger charge is 2.22. The molecule has 0 saturated carbocycles. The summed E-state index contributed by atoms with van der Waals surface area (Å²) >= 11 is 0. The second-order valence-electron chi connectivity index (χ2n) is 8.57. The number of hydrogen-bond acceptors (Lipinski definition) is 5. The summed E-state index contributed by atoms with van der Waals surface area (Å²) in [7, 11) is 0. The van der Waals surface area contributed by atoms with E-state index in [2.05, 4.69) is 27.8 Å². The van der Waals surface area contributed by atoms with Gasteiger partial charge in [0.15, 0.2) is 0 Å². The molecule has 1 saturated heterocycles. The van der Waals surface area contributed by atoms with Crippen molar-refractivity contribution in [2.45, 2.75) is 38.6 Å². The SMILES string of the molecule is CCC(=O)N1CCC(c2ccc(Nc3cc(NCc4ccccc4)c(C(N)=O)cn3)cc2)CC1. The molecular formula is C27H31N5O2. The van der Waals surface area contributed by atoms with Crippen LogP contribution in [0.5, 0.6) is 0 Å². The van der Waals surface area contributed by atoms with Crippen LogP contribution in [0, 0.1) is 0 Å². The van der Waals surface area contributed by atoms with Crippen LogP contribution in [0.3, 0.4) is 0 Å². The number of primary amides is 1. The Morgan fingerprint density at radius 1 is 1.06 bits per heavy atom. The van der Waals surface area contributed by atoms with Gasteiger partial charge in [0.25, 0.3) is 5.91 Å². The zero-order chi connectivity index (χ0) is 23.9. The van der Waals surface area contributed by atoms with Gasteiger partial charge in [-0.25, -0.2) is 4.98 Å². The maximum absolute atomic E-state index is 11.9. The van der Waals surface area contributed by atoms with Crippen LogP contribution < -0.4 is 16.4 Å². The number of amides is 2. The van der Waals surface area contributed by atoms with Gasteiger partial charge >= 0.3 is 0 Å². The lowest BCUT2D eigenvalue weighted by Crippen LogP contribution is -2.37. The normalized spacial score (nSPS) is 14.0. The summed E-state index contributed by atoms with van der Waals surface area (Å²) in [6, 6.07) is 20.1. The molecule has 2 amide bonds. The molecule has 0 spiro atoms. The lowest BCUT2D eigenvalue weighted by molar-refractivity contribution is -0.131. The molecule has 0 atom stereocenters. The molecular weight excluding hydrogens is 426 g/mol. The third-order valence-corrected chi connectivity index (χ3v) is 6.30. The minimum atomic E-state index is -0.523. The maximum Gasteiger partial charge on any atom is 0.252 e. The highest BCUT2D eigenvalue weighted by Crippen LogP contribution is 2.30. The van der Waals surface area contributed by atoms with Crippen LogP contribution in [0.15, 0.2) is 66.9 Å². The van der Waals surface area contributed by atoms with E-state index in [0.717, 1.165) is 37.2 Å². The smallest absolute Gasteiger partial charge is 0.252 e. The van der Waals surface area contributed by atoms with E-state index in [4.69, 9.17) is 5.73 Å². The van der Waals surface area contributed by atoms with Gasteiger partial charge in [-0.05, 0) is 42.0 Å². The Balaban J connectivity index is 1.41. The average Bonchev–Trinajstić information content (AvgIpc) is 2.88. The van der Waals surface area contributed by atoms with Crippen LogP contribution in [0.2, 0.25) is 0 Å². The highest BCUT2D eigenvalue weighted by atomic mass is 16.2. The van der Waals surface area contributed by atoms with Crippen molar-refractivity contribution in [2.75, 3.05) is 23.7 Å². The van der Waals surface area contributed by atoms with Crippen molar-refractivity contribution < 1.29 is 9.59 Å². The Kier molecular flexibility index (Phi) is 7.42. The molecule has 1 aliphatic heterocycles. The molecule has 0 aliphatic carbocycles. The molecule has 2 heterocycles. The molecule has 2 aromatic carbocycles. The number of nitrogens with two attached hydrogens (primary N) is 1. The topological polar surface area (TPSA) is 100 Å². The second kappa shape index (κ2) is 10.8. The lowest BCUT2D eigenvalue weighted by Gasteiger charge is -2.32. The Morgan fingerprint density at radius 3 is 2.41 bits per heavy atom. The first-order valence-electron chi connectivity index (χ1n) is 11.8. The number of carbonyl (C=O) groups excluding carboxylic acids is 2. The fourth-order valence-corrected chi connectivity index (χ4v) is 4.33. The van der Waals surface area contributed by atoms with Crippen molar-refractivity contribution in [1.29, 1.82) is 0 Å². The zero-order valence-electron chi connectivity index (χ0n) is 19.5. The zero-order valence-corrected chi connectivity index (χ0v) is 19.5. The number of carbonyl (C=O) groups is 2. The number of rotatable bonds is 8. The van der Waals surface area contributed by atoms with E-state index in [0.29, 0.717) is 36.0 Å². The summed E-state index contributed by atoms with van der Waals surface area (Å²) < 4.78 is 0. The van der Waals surface area contributed by atoms with Crippen LogP contribution in [0.25, 0.3) is 0 Å². The molecule has 3 aromatic rings. The number of piperidine rings is 1. The molecule has 0 radical (unpaired) electrons. The van der Waals surface area contributed by atoms with Crippen molar-refractivity contribution in [3.05, 3.63) is 83.6 Å². The van der Waals surface area contributed by atoms with Crippen LogP contribution in [-0.2, 0) is 11.3 Å². The number of nitrogens with zero attached hydrogens (tertiary/aromatic N) is 2. The van der Waals surface area contributed by atoms with Crippen LogP contribution in [0.4, 0.5) is 17.2 Å². The van der Waals surface area contributed by atoms with Gasteiger partial charge in [-0.15, -0.1) is 0 Å². The van der Waals surface area contributed by atoms with Gasteiger partial charge in [0.1, 0.15) is 5.82 Å². The first kappa shape index (κ1) is 23.3. The molecule has 1 aliphatic rings. The Labute approximate surface area is 200 Å². The van der Waals surface area contributed by atoms with E-state index in [9.17, 15) is 9.59 Å². The van der Waals surface area contributed by atoms with Gasteiger partial charge < -0.3 is 21.3 Å². The molecule has 7 nitrogen and oxygen atoms in total. The summed E-state index contributed by atoms with van der Waals surface area (Å²) in [5, 5.41) is 6.61. The summed E-state index contributed by atoms with van der Waals surface area (Å²) in [4.78, 5) is 30.1. The number of pyridine rings is 1. The predicted octanol–water partition coefficient (Wildman–Crippen LogP) is 4.65. The summed E-state index contributed by atoms with van der Waals surface area (Å²) in [6.45, 7) is 4.14. The molecule has 176 valence electrons.